The fourth-order valence-electron chi connectivity index (χ4n) is 7.67. The van der Waals surface area contributed by atoms with Crippen LogP contribution >= 0.6 is 0 Å². The molecule has 5 aromatic carbocycles. The second-order valence-corrected chi connectivity index (χ2v) is 14.8. The molecule has 0 bridgehead atoms. The van der Waals surface area contributed by atoms with Crippen LogP contribution in [-0.2, 0) is 73.8 Å². The fourth-order valence-corrected chi connectivity index (χ4v) is 7.67. The molecule has 11 atom stereocenters. The molecule has 11 heteroatoms. The SMILES string of the molecule is CO[C@H]1O[C@H](COCc2ccccc2)[C@@H](O[C@@H]2O[C@@H]3CO[C@@H](c4ccccc4)O[C@H]3[C@H](OCc3ccccc3)[C@@H]2F)[C@H](OCc2ccccc2)[C@H]1OCc1ccccc1. The van der Waals surface area contributed by atoms with Crippen molar-refractivity contribution in [2.45, 2.75) is 94.2 Å². The Morgan fingerprint density at radius 3 is 1.56 bits per heavy atom. The normalized spacial score (nSPS) is 29.4. The summed E-state index contributed by atoms with van der Waals surface area (Å²) < 4.78 is 81.9. The van der Waals surface area contributed by atoms with Gasteiger partial charge < -0.3 is 47.4 Å². The minimum atomic E-state index is -1.79. The summed E-state index contributed by atoms with van der Waals surface area (Å²) in [6.07, 6.45) is -10.8. The Balaban J connectivity index is 1.09. The van der Waals surface area contributed by atoms with Crippen LogP contribution in [0.2, 0.25) is 0 Å². The van der Waals surface area contributed by atoms with Gasteiger partial charge >= 0.3 is 0 Å². The Morgan fingerprint density at radius 1 is 0.525 bits per heavy atom. The van der Waals surface area contributed by atoms with Crippen molar-refractivity contribution >= 4 is 0 Å². The van der Waals surface area contributed by atoms with Gasteiger partial charge in [-0.15, -0.1) is 0 Å². The number of fused-ring (bicyclic) bond motifs is 1. The molecule has 0 N–H and O–H groups in total. The number of methoxy groups -OCH3 is 1. The van der Waals surface area contributed by atoms with E-state index >= 15 is 4.39 Å². The molecule has 10 nitrogen and oxygen atoms in total. The van der Waals surface area contributed by atoms with Gasteiger partial charge in [0.2, 0.25) is 0 Å². The van der Waals surface area contributed by atoms with Crippen molar-refractivity contribution in [3.8, 4) is 0 Å². The zero-order chi connectivity index (χ0) is 40.2. The van der Waals surface area contributed by atoms with Crippen molar-refractivity contribution < 1.29 is 51.8 Å². The van der Waals surface area contributed by atoms with Crippen LogP contribution in [0.4, 0.5) is 4.39 Å². The van der Waals surface area contributed by atoms with Gasteiger partial charge in [-0.05, 0) is 22.3 Å². The summed E-state index contributed by atoms with van der Waals surface area (Å²) in [5, 5.41) is 0. The van der Waals surface area contributed by atoms with Crippen molar-refractivity contribution in [2.24, 2.45) is 0 Å². The molecular formula is C48H51FO10. The Morgan fingerprint density at radius 2 is 1.02 bits per heavy atom. The van der Waals surface area contributed by atoms with Gasteiger partial charge in [-0.1, -0.05) is 152 Å². The summed E-state index contributed by atoms with van der Waals surface area (Å²) in [7, 11) is 1.56. The van der Waals surface area contributed by atoms with Gasteiger partial charge in [0.15, 0.2) is 25.0 Å². The molecule has 310 valence electrons. The largest absolute Gasteiger partial charge is 0.374 e. The van der Waals surface area contributed by atoms with Crippen LogP contribution in [0.3, 0.4) is 0 Å². The van der Waals surface area contributed by atoms with Crippen LogP contribution in [0.5, 0.6) is 0 Å². The third-order valence-corrected chi connectivity index (χ3v) is 10.7. The van der Waals surface area contributed by atoms with Crippen molar-refractivity contribution in [3.63, 3.8) is 0 Å². The molecule has 0 radical (unpaired) electrons. The fraction of sp³-hybridized carbons (Fsp3) is 0.375. The van der Waals surface area contributed by atoms with Crippen molar-refractivity contribution in [1.82, 2.24) is 0 Å². The molecule has 5 aromatic rings. The maximum Gasteiger partial charge on any atom is 0.192 e. The van der Waals surface area contributed by atoms with Crippen LogP contribution < -0.4 is 0 Å². The van der Waals surface area contributed by atoms with Crippen molar-refractivity contribution in [3.05, 3.63) is 179 Å². The lowest BCUT2D eigenvalue weighted by atomic mass is 9.96. The van der Waals surface area contributed by atoms with E-state index in [9.17, 15) is 0 Å². The summed E-state index contributed by atoms with van der Waals surface area (Å²) in [6.45, 7) is 1.12. The average Bonchev–Trinajstić information content (AvgIpc) is 3.29. The maximum atomic E-state index is 17.4. The van der Waals surface area contributed by atoms with Gasteiger partial charge in [0.05, 0.1) is 39.6 Å². The highest BCUT2D eigenvalue weighted by Gasteiger charge is 2.55. The monoisotopic (exact) mass is 806 g/mol. The molecule has 59 heavy (non-hydrogen) atoms. The van der Waals surface area contributed by atoms with Gasteiger partial charge in [-0.2, -0.15) is 0 Å². The lowest BCUT2D eigenvalue weighted by Gasteiger charge is -2.50. The van der Waals surface area contributed by atoms with Crippen LogP contribution in [0.1, 0.15) is 34.1 Å². The highest BCUT2D eigenvalue weighted by Crippen LogP contribution is 2.39. The highest BCUT2D eigenvalue weighted by molar-refractivity contribution is 5.18. The van der Waals surface area contributed by atoms with Crippen molar-refractivity contribution in [2.75, 3.05) is 20.3 Å². The number of halogens is 1. The number of benzene rings is 5. The van der Waals surface area contributed by atoms with E-state index < -0.39 is 67.8 Å². The van der Waals surface area contributed by atoms with Gasteiger partial charge in [0.1, 0.15) is 42.7 Å². The highest BCUT2D eigenvalue weighted by atomic mass is 19.1. The van der Waals surface area contributed by atoms with E-state index in [0.717, 1.165) is 27.8 Å². The molecule has 3 aliphatic rings. The molecule has 3 aliphatic heterocycles. The summed E-state index contributed by atoms with van der Waals surface area (Å²) in [5.74, 6) is 0. The second kappa shape index (κ2) is 20.7. The molecule has 0 aromatic heterocycles. The molecule has 8 rings (SSSR count). The molecule has 3 fully saturated rings. The third kappa shape index (κ3) is 10.7. The predicted octanol–water partition coefficient (Wildman–Crippen LogP) is 7.89. The Bertz CT molecular complexity index is 1950. The van der Waals surface area contributed by atoms with Gasteiger partial charge in [-0.25, -0.2) is 4.39 Å². The zero-order valence-electron chi connectivity index (χ0n) is 33.0. The van der Waals surface area contributed by atoms with Gasteiger partial charge in [0.25, 0.3) is 0 Å². The molecule has 0 aliphatic carbocycles. The summed E-state index contributed by atoms with van der Waals surface area (Å²) in [4.78, 5) is 0. The molecule has 3 saturated heterocycles. The summed E-state index contributed by atoms with van der Waals surface area (Å²) >= 11 is 0. The topological polar surface area (TPSA) is 92.3 Å². The third-order valence-electron chi connectivity index (χ3n) is 10.7. The average molecular weight is 807 g/mol. The number of alkyl halides is 1. The number of ether oxygens (including phenoxy) is 10. The number of hydrogen-bond donors (Lipinski definition) is 0. The van der Waals surface area contributed by atoms with E-state index in [-0.39, 0.29) is 33.0 Å². The first-order valence-corrected chi connectivity index (χ1v) is 20.2. The minimum absolute atomic E-state index is 0.0741. The van der Waals surface area contributed by atoms with E-state index in [4.69, 9.17) is 47.4 Å². The van der Waals surface area contributed by atoms with E-state index in [0.29, 0.717) is 6.61 Å². The Labute approximate surface area is 345 Å². The molecule has 3 heterocycles. The second-order valence-electron chi connectivity index (χ2n) is 14.8. The standard InChI is InChI=1S/C48H51FO10/c1-50-48-45(54-30-36-23-13-5-14-24-36)44(53-29-35-21-11-4-12-22-35)42(38(57-48)31-51-27-33-17-7-2-8-18-33)59-47-40(49)43(52-28-34-19-9-3-10-20-34)41-39(56-47)32-55-46(58-41)37-25-15-6-16-26-37/h2-26,38-48H,27-32H2,1H3/t38-,39-,40+,41-,42-,43-,44+,45-,46-,47+,48+/m1/s1. The summed E-state index contributed by atoms with van der Waals surface area (Å²) in [5.41, 5.74) is 4.57. The first kappa shape index (κ1) is 41.4. The Hall–Kier alpha value is -4.37. The summed E-state index contributed by atoms with van der Waals surface area (Å²) in [6, 6.07) is 48.6. The quantitative estimate of drug-likeness (QED) is 0.0925. The lowest BCUT2D eigenvalue weighted by Crippen LogP contribution is -2.66. The van der Waals surface area contributed by atoms with E-state index in [1.807, 2.05) is 152 Å². The molecule has 0 saturated carbocycles. The van der Waals surface area contributed by atoms with Crippen LogP contribution in [0, 0.1) is 0 Å². The lowest BCUT2D eigenvalue weighted by molar-refractivity contribution is -0.386. The number of rotatable bonds is 17. The minimum Gasteiger partial charge on any atom is -0.374 e. The molecular weight excluding hydrogens is 756 g/mol. The predicted molar refractivity (Wildman–Crippen MR) is 215 cm³/mol. The van der Waals surface area contributed by atoms with Crippen molar-refractivity contribution in [1.29, 1.82) is 0 Å². The van der Waals surface area contributed by atoms with E-state index in [1.54, 1.807) is 7.11 Å². The first-order valence-electron chi connectivity index (χ1n) is 20.2. The van der Waals surface area contributed by atoms with Crippen LogP contribution in [0.25, 0.3) is 0 Å². The van der Waals surface area contributed by atoms with E-state index in [1.165, 1.54) is 0 Å². The Kier molecular flexibility index (Phi) is 14.5. The maximum absolute atomic E-state index is 17.4. The van der Waals surface area contributed by atoms with E-state index in [2.05, 4.69) is 0 Å². The van der Waals surface area contributed by atoms with Gasteiger partial charge in [-0.3, -0.25) is 0 Å². The smallest absolute Gasteiger partial charge is 0.192 e. The number of hydrogen-bond acceptors (Lipinski definition) is 10. The van der Waals surface area contributed by atoms with Crippen LogP contribution in [0.15, 0.2) is 152 Å². The molecule has 0 spiro atoms. The van der Waals surface area contributed by atoms with Crippen LogP contribution in [-0.4, -0.2) is 81.8 Å². The molecule has 0 unspecified atom stereocenters. The van der Waals surface area contributed by atoms with Gasteiger partial charge in [0, 0.05) is 12.7 Å². The zero-order valence-corrected chi connectivity index (χ0v) is 33.0. The molecule has 0 amide bonds. The first-order chi connectivity index (χ1) is 29.1.